The normalized spacial score (nSPS) is 16.8. The van der Waals surface area contributed by atoms with Gasteiger partial charge in [0.25, 0.3) is 5.91 Å². The van der Waals surface area contributed by atoms with Crippen LogP contribution in [0.15, 0.2) is 54.7 Å². The Hall–Kier alpha value is -2.41. The Kier molecular flexibility index (Phi) is 7.22. The van der Waals surface area contributed by atoms with Crippen molar-refractivity contribution >= 4 is 34.7 Å². The number of ether oxygens (including phenoxy) is 1. The standard InChI is InChI=1S/C23H24Cl2N4O2/c24-14-19-16-31-21-13-18(25)6-7-20(21)23(30)29(19)12-2-1-10-28-11-3-5-17(15-28)22-26-8-4-9-27-22/h4-9,13,16H,1-3,10-12,14-15H2. The maximum Gasteiger partial charge on any atom is 0.261 e. The number of carbonyl (C=O) groups is 1. The van der Waals surface area contributed by atoms with Gasteiger partial charge in [-0.2, -0.15) is 0 Å². The molecule has 0 fully saturated rings. The zero-order valence-electron chi connectivity index (χ0n) is 17.1. The van der Waals surface area contributed by atoms with Crippen molar-refractivity contribution in [2.24, 2.45) is 0 Å². The molecular formula is C23H24Cl2N4O2. The third-order valence-electron chi connectivity index (χ3n) is 5.41. The van der Waals surface area contributed by atoms with Crippen LogP contribution < -0.4 is 4.74 Å². The average molecular weight is 459 g/mol. The largest absolute Gasteiger partial charge is 0.462 e. The molecule has 2 aliphatic rings. The Labute approximate surface area is 192 Å². The van der Waals surface area contributed by atoms with Gasteiger partial charge >= 0.3 is 0 Å². The molecule has 162 valence electrons. The van der Waals surface area contributed by atoms with Gasteiger partial charge in [0.05, 0.1) is 17.1 Å². The number of fused-ring (bicyclic) bond motifs is 1. The number of alkyl halides is 1. The van der Waals surface area contributed by atoms with Gasteiger partial charge in [0.2, 0.25) is 0 Å². The molecule has 3 heterocycles. The molecular weight excluding hydrogens is 435 g/mol. The number of hydrogen-bond acceptors (Lipinski definition) is 5. The summed E-state index contributed by atoms with van der Waals surface area (Å²) in [6.07, 6.45) is 10.2. The molecule has 0 unspecified atom stereocenters. The van der Waals surface area contributed by atoms with Crippen molar-refractivity contribution in [2.45, 2.75) is 19.3 Å². The van der Waals surface area contributed by atoms with Crippen molar-refractivity contribution in [1.29, 1.82) is 0 Å². The van der Waals surface area contributed by atoms with Crippen LogP contribution in [0.2, 0.25) is 5.02 Å². The van der Waals surface area contributed by atoms with Crippen molar-refractivity contribution < 1.29 is 9.53 Å². The molecule has 0 N–H and O–H groups in total. The van der Waals surface area contributed by atoms with Crippen LogP contribution >= 0.6 is 23.2 Å². The molecule has 31 heavy (non-hydrogen) atoms. The number of allylic oxidation sites excluding steroid dienone is 1. The number of amides is 1. The quantitative estimate of drug-likeness (QED) is 0.447. The molecule has 6 nitrogen and oxygen atoms in total. The highest BCUT2D eigenvalue weighted by Gasteiger charge is 2.26. The summed E-state index contributed by atoms with van der Waals surface area (Å²) in [5.41, 5.74) is 2.33. The van der Waals surface area contributed by atoms with Crippen LogP contribution in [0.4, 0.5) is 0 Å². The van der Waals surface area contributed by atoms with Gasteiger partial charge in [0, 0.05) is 48.7 Å². The minimum Gasteiger partial charge on any atom is -0.462 e. The van der Waals surface area contributed by atoms with Gasteiger partial charge in [-0.3, -0.25) is 9.69 Å². The average Bonchev–Trinajstić information content (AvgIpc) is 2.93. The van der Waals surface area contributed by atoms with E-state index in [1.54, 1.807) is 41.8 Å². The highest BCUT2D eigenvalue weighted by molar-refractivity contribution is 6.30. The van der Waals surface area contributed by atoms with E-state index in [1.807, 2.05) is 6.07 Å². The number of hydrogen-bond donors (Lipinski definition) is 0. The summed E-state index contributed by atoms with van der Waals surface area (Å²) < 4.78 is 5.67. The maximum atomic E-state index is 13.1. The van der Waals surface area contributed by atoms with Gasteiger partial charge in [-0.1, -0.05) is 17.7 Å². The first-order valence-electron chi connectivity index (χ1n) is 10.4. The summed E-state index contributed by atoms with van der Waals surface area (Å²) in [6, 6.07) is 6.88. The molecule has 0 spiro atoms. The molecule has 0 saturated carbocycles. The molecule has 2 aromatic rings. The van der Waals surface area contributed by atoms with Gasteiger partial charge in [-0.15, -0.1) is 11.6 Å². The lowest BCUT2D eigenvalue weighted by atomic mass is 10.1. The van der Waals surface area contributed by atoms with Gasteiger partial charge in [-0.25, -0.2) is 9.97 Å². The third-order valence-corrected chi connectivity index (χ3v) is 5.92. The van der Waals surface area contributed by atoms with Crippen molar-refractivity contribution in [2.75, 3.05) is 32.1 Å². The van der Waals surface area contributed by atoms with Gasteiger partial charge in [0.1, 0.15) is 12.0 Å². The molecule has 1 aromatic heterocycles. The van der Waals surface area contributed by atoms with Crippen molar-refractivity contribution in [1.82, 2.24) is 19.8 Å². The van der Waals surface area contributed by atoms with E-state index >= 15 is 0 Å². The number of benzene rings is 1. The van der Waals surface area contributed by atoms with Crippen LogP contribution in [0.3, 0.4) is 0 Å². The molecule has 0 atom stereocenters. The number of carbonyl (C=O) groups excluding carboxylic acids is 1. The number of rotatable bonds is 7. The summed E-state index contributed by atoms with van der Waals surface area (Å²) in [5, 5.41) is 0.525. The summed E-state index contributed by atoms with van der Waals surface area (Å²) in [4.78, 5) is 25.9. The van der Waals surface area contributed by atoms with Crippen LogP contribution in [0.5, 0.6) is 5.75 Å². The van der Waals surface area contributed by atoms with E-state index in [-0.39, 0.29) is 11.8 Å². The fourth-order valence-corrected chi connectivity index (χ4v) is 4.19. The molecule has 2 aliphatic heterocycles. The maximum absolute atomic E-state index is 13.1. The fourth-order valence-electron chi connectivity index (χ4n) is 3.82. The predicted molar refractivity (Wildman–Crippen MR) is 122 cm³/mol. The van der Waals surface area contributed by atoms with E-state index in [1.165, 1.54) is 5.57 Å². The van der Waals surface area contributed by atoms with Gasteiger partial charge < -0.3 is 9.64 Å². The highest BCUT2D eigenvalue weighted by atomic mass is 35.5. The lowest BCUT2D eigenvalue weighted by Gasteiger charge is -2.27. The minimum atomic E-state index is -0.111. The van der Waals surface area contributed by atoms with E-state index in [0.29, 0.717) is 28.6 Å². The van der Waals surface area contributed by atoms with Crippen molar-refractivity contribution in [3.8, 4) is 5.75 Å². The number of nitrogens with zero attached hydrogens (tertiary/aromatic N) is 4. The molecule has 4 rings (SSSR count). The zero-order valence-corrected chi connectivity index (χ0v) is 18.6. The van der Waals surface area contributed by atoms with Crippen LogP contribution in [0.1, 0.15) is 35.4 Å². The zero-order chi connectivity index (χ0) is 21.6. The first kappa shape index (κ1) is 21.8. The Morgan fingerprint density at radius 2 is 1.94 bits per heavy atom. The summed E-state index contributed by atoms with van der Waals surface area (Å²) >= 11 is 12.1. The third kappa shape index (κ3) is 5.26. The van der Waals surface area contributed by atoms with E-state index in [2.05, 4.69) is 20.9 Å². The highest BCUT2D eigenvalue weighted by Crippen LogP contribution is 2.29. The Bertz CT molecular complexity index is 994. The Morgan fingerprint density at radius 1 is 1.13 bits per heavy atom. The fraction of sp³-hybridized carbons (Fsp3) is 0.348. The monoisotopic (exact) mass is 458 g/mol. The second kappa shape index (κ2) is 10.3. The number of unbranched alkanes of at least 4 members (excludes halogenated alkanes) is 1. The molecule has 8 heteroatoms. The van der Waals surface area contributed by atoms with Crippen molar-refractivity contribution in [3.05, 3.63) is 71.1 Å². The second-order valence-electron chi connectivity index (χ2n) is 7.53. The number of aromatic nitrogens is 2. The number of halogens is 2. The summed E-state index contributed by atoms with van der Waals surface area (Å²) in [5.74, 6) is 1.35. The van der Waals surface area contributed by atoms with Crippen molar-refractivity contribution in [3.63, 3.8) is 0 Å². The Morgan fingerprint density at radius 3 is 2.74 bits per heavy atom. The van der Waals surface area contributed by atoms with Crippen LogP contribution in [0, 0.1) is 0 Å². The first-order valence-corrected chi connectivity index (χ1v) is 11.3. The van der Waals surface area contributed by atoms with Gasteiger partial charge in [0.15, 0.2) is 5.82 Å². The molecule has 0 bridgehead atoms. The lowest BCUT2D eigenvalue weighted by molar-refractivity contribution is 0.0805. The van der Waals surface area contributed by atoms with E-state index in [4.69, 9.17) is 27.9 Å². The predicted octanol–water partition coefficient (Wildman–Crippen LogP) is 4.61. The first-order chi connectivity index (χ1) is 15.2. The Balaban J connectivity index is 1.33. The molecule has 0 aliphatic carbocycles. The van der Waals surface area contributed by atoms with Crippen LogP contribution in [0.25, 0.3) is 5.57 Å². The molecule has 1 aromatic carbocycles. The summed E-state index contributed by atoms with van der Waals surface area (Å²) in [6.45, 7) is 3.41. The topological polar surface area (TPSA) is 58.6 Å². The lowest BCUT2D eigenvalue weighted by Crippen LogP contribution is -2.33. The molecule has 0 saturated heterocycles. The molecule has 1 amide bonds. The SMILES string of the molecule is O=C1c2ccc(Cl)cc2OC=C(CCl)N1CCCCN1CCC=C(c2ncccn2)C1. The second-order valence-corrected chi connectivity index (χ2v) is 8.24. The van der Waals surface area contributed by atoms with Gasteiger partial charge in [-0.05, 0) is 44.0 Å². The summed E-state index contributed by atoms with van der Waals surface area (Å²) in [7, 11) is 0. The van der Waals surface area contributed by atoms with E-state index in [0.717, 1.165) is 44.7 Å². The van der Waals surface area contributed by atoms with E-state index in [9.17, 15) is 4.79 Å². The van der Waals surface area contributed by atoms with Crippen LogP contribution in [-0.2, 0) is 0 Å². The van der Waals surface area contributed by atoms with Crippen LogP contribution in [-0.4, -0.2) is 57.7 Å². The minimum absolute atomic E-state index is 0.111. The smallest absolute Gasteiger partial charge is 0.261 e. The van der Waals surface area contributed by atoms with E-state index < -0.39 is 0 Å². The molecule has 0 radical (unpaired) electrons.